The molecule has 0 saturated carbocycles. The lowest BCUT2D eigenvalue weighted by Crippen LogP contribution is -2.47. The fourth-order valence-corrected chi connectivity index (χ4v) is 8.45. The number of halogens is 1. The van der Waals surface area contributed by atoms with Gasteiger partial charge in [0, 0.05) is 101 Å². The summed E-state index contributed by atoms with van der Waals surface area (Å²) in [6, 6.07) is 18.8. The van der Waals surface area contributed by atoms with Gasteiger partial charge in [0.25, 0.3) is 11.8 Å². The highest BCUT2D eigenvalue weighted by Crippen LogP contribution is 2.37. The normalized spacial score (nSPS) is 15.6. The van der Waals surface area contributed by atoms with E-state index in [1.165, 1.54) is 25.4 Å². The minimum absolute atomic E-state index is 0.0993. The molecule has 398 valence electrons. The molecule has 0 spiro atoms. The van der Waals surface area contributed by atoms with Crippen LogP contribution in [0.2, 0.25) is 0 Å². The van der Waals surface area contributed by atoms with Crippen molar-refractivity contribution in [2.75, 3.05) is 145 Å². The number of para-hydroxylation sites is 1. The van der Waals surface area contributed by atoms with Crippen LogP contribution >= 0.6 is 0 Å². The largest absolute Gasteiger partial charge is 0.494 e. The van der Waals surface area contributed by atoms with E-state index in [1.54, 1.807) is 66.8 Å². The topological polar surface area (TPSA) is 245 Å². The summed E-state index contributed by atoms with van der Waals surface area (Å²) < 4.78 is 66.4. The Morgan fingerprint density at radius 1 is 0.760 bits per heavy atom. The van der Waals surface area contributed by atoms with Crippen LogP contribution in [-0.4, -0.2) is 182 Å². The third kappa shape index (κ3) is 15.7. The minimum Gasteiger partial charge on any atom is -0.494 e. The zero-order valence-electron chi connectivity index (χ0n) is 45.0. The molecule has 0 radical (unpaired) electrons. The van der Waals surface area contributed by atoms with Crippen molar-refractivity contribution in [1.29, 1.82) is 0 Å². The van der Waals surface area contributed by atoms with Crippen molar-refractivity contribution in [2.45, 2.75) is 18.9 Å². The highest BCUT2D eigenvalue weighted by atomic mass is 19.1. The first kappa shape index (κ1) is 49.6. The van der Waals surface area contributed by atoms with Gasteiger partial charge in [0.05, 0.1) is 82.5 Å². The standard InChI is InChI=1S/C51H65FN16O7/c1-53-51(70)47-42(60-41-11-5-10-40(48(41)71-3)49-58-35-65(2)64-49)30-45(62-63-47)61-43-13-12-36(32-55-43)50(69)54-14-21-72-23-25-74-27-28-75-26-24-73-22-20-66-16-18-67(19-17-66)46-31-44(56-34-57-46)59-38-8-6-15-68(33-38)39-9-4-7-37(52)29-39/h4-5,7,9-13,29-32,34-35,38H,6,8,14-28,33H2,1-3H3,(H,53,70)(H,54,69)(H,56,57,59)(H2,55,60,61,62)/t38-/m1/s1/i1D3. The summed E-state index contributed by atoms with van der Waals surface area (Å²) >= 11 is 0. The maximum Gasteiger partial charge on any atom is 0.273 e. The van der Waals surface area contributed by atoms with E-state index in [2.05, 4.69) is 71.2 Å². The van der Waals surface area contributed by atoms with Gasteiger partial charge in [0.15, 0.2) is 23.1 Å². The fraction of sp³-hybridized carbons (Fsp3) is 0.431. The van der Waals surface area contributed by atoms with Gasteiger partial charge >= 0.3 is 0 Å². The van der Waals surface area contributed by atoms with Crippen LogP contribution in [0.15, 0.2) is 85.6 Å². The lowest BCUT2D eigenvalue weighted by atomic mass is 10.0. The molecule has 5 N–H and O–H groups in total. The molecule has 6 aromatic rings. The van der Waals surface area contributed by atoms with E-state index in [4.69, 9.17) is 27.8 Å². The molecule has 8 rings (SSSR count). The summed E-state index contributed by atoms with van der Waals surface area (Å²) in [5.41, 5.74) is 1.98. The third-order valence-corrected chi connectivity index (χ3v) is 12.2. The van der Waals surface area contributed by atoms with E-state index in [9.17, 15) is 14.0 Å². The maximum atomic E-state index is 13.8. The first-order valence-corrected chi connectivity index (χ1v) is 24.8. The Bertz CT molecular complexity index is 2880. The first-order chi connectivity index (χ1) is 37.9. The number of piperazine rings is 1. The second-order valence-corrected chi connectivity index (χ2v) is 17.5. The van der Waals surface area contributed by atoms with Crippen molar-refractivity contribution in [3.05, 3.63) is 103 Å². The highest BCUT2D eigenvalue weighted by Gasteiger charge is 2.24. The maximum absolute atomic E-state index is 13.8. The number of aromatic nitrogens is 8. The number of piperidine rings is 1. The number of amides is 2. The smallest absolute Gasteiger partial charge is 0.273 e. The number of hydrogen-bond donors (Lipinski definition) is 5. The monoisotopic (exact) mass is 1040 g/mol. The van der Waals surface area contributed by atoms with Crippen LogP contribution in [0.3, 0.4) is 0 Å². The third-order valence-electron chi connectivity index (χ3n) is 12.2. The van der Waals surface area contributed by atoms with Crippen molar-refractivity contribution in [3.8, 4) is 17.1 Å². The Balaban J connectivity index is 0.654. The van der Waals surface area contributed by atoms with E-state index in [0.717, 1.165) is 76.0 Å². The average Bonchev–Trinajstić information content (AvgIpc) is 3.93. The van der Waals surface area contributed by atoms with Crippen LogP contribution in [0.4, 0.5) is 44.7 Å². The number of aryl methyl sites for hydroxylation is 1. The molecule has 24 heteroatoms. The molecule has 75 heavy (non-hydrogen) atoms. The van der Waals surface area contributed by atoms with Crippen LogP contribution in [0.1, 0.15) is 37.8 Å². The molecule has 2 saturated heterocycles. The number of anilines is 7. The van der Waals surface area contributed by atoms with Crippen LogP contribution in [-0.2, 0) is 26.0 Å². The molecule has 2 aliphatic heterocycles. The van der Waals surface area contributed by atoms with Gasteiger partial charge in [0.1, 0.15) is 35.9 Å². The van der Waals surface area contributed by atoms with E-state index < -0.39 is 12.9 Å². The fourth-order valence-electron chi connectivity index (χ4n) is 8.45. The van der Waals surface area contributed by atoms with Gasteiger partial charge in [-0.2, -0.15) is 5.10 Å². The number of carbonyl (C=O) groups excluding carboxylic acids is 2. The molecular formula is C51H65FN16O7. The Labute approximate surface area is 439 Å². The number of methoxy groups -OCH3 is 1. The zero-order chi connectivity index (χ0) is 54.7. The van der Waals surface area contributed by atoms with Gasteiger partial charge < -0.3 is 60.1 Å². The molecule has 2 amide bonds. The van der Waals surface area contributed by atoms with E-state index >= 15 is 0 Å². The molecule has 2 fully saturated rings. The molecule has 4 aromatic heterocycles. The molecule has 23 nitrogen and oxygen atoms in total. The minimum atomic E-state index is -2.78. The molecule has 2 aliphatic rings. The number of nitrogens with zero attached hydrogens (tertiary/aromatic N) is 11. The predicted octanol–water partition coefficient (Wildman–Crippen LogP) is 4.15. The summed E-state index contributed by atoms with van der Waals surface area (Å²) in [5.74, 6) is 1.37. The summed E-state index contributed by atoms with van der Waals surface area (Å²) in [4.78, 5) is 50.4. The van der Waals surface area contributed by atoms with Gasteiger partial charge in [-0.15, -0.1) is 10.2 Å². The number of ether oxygens (including phenoxy) is 5. The Hall–Kier alpha value is -7.64. The first-order valence-electron chi connectivity index (χ1n) is 26.3. The Morgan fingerprint density at radius 2 is 1.55 bits per heavy atom. The average molecular weight is 1040 g/mol. The number of carbonyl (C=O) groups is 2. The number of hydrogen-bond acceptors (Lipinski definition) is 20. The molecular weight excluding hydrogens is 968 g/mol. The molecule has 1 atom stereocenters. The highest BCUT2D eigenvalue weighted by molar-refractivity contribution is 5.99. The lowest BCUT2D eigenvalue weighted by molar-refractivity contribution is -0.00360. The Kier molecular flexibility index (Phi) is 18.2. The molecule has 0 bridgehead atoms. The molecule has 0 unspecified atom stereocenters. The van der Waals surface area contributed by atoms with Crippen molar-refractivity contribution in [1.82, 2.24) is 55.4 Å². The van der Waals surface area contributed by atoms with Gasteiger partial charge in [-0.25, -0.2) is 24.3 Å². The van der Waals surface area contributed by atoms with Crippen LogP contribution < -0.4 is 41.1 Å². The number of pyridine rings is 1. The molecule has 0 aliphatic carbocycles. The second-order valence-electron chi connectivity index (χ2n) is 17.5. The van der Waals surface area contributed by atoms with Crippen LogP contribution in [0, 0.1) is 5.82 Å². The lowest BCUT2D eigenvalue weighted by Gasteiger charge is -2.36. The van der Waals surface area contributed by atoms with E-state index in [0.29, 0.717) is 80.5 Å². The number of nitrogens with one attached hydrogen (secondary N) is 5. The number of rotatable bonds is 27. The molecule has 2 aromatic carbocycles. The SMILES string of the molecule is [2H]C([2H])([2H])NC(=O)c1nnc(Nc2ccc(C(=O)NCCOCCOCCOCCOCCN3CCN(c4cc(N[C@@H]5CCCN(c6cccc(F)c6)C5)ncn4)CC3)cn2)cc1Nc1cccc(-c2ncn(C)n2)c1OC. The summed E-state index contributed by atoms with van der Waals surface area (Å²) in [6.07, 6.45) is 6.59. The van der Waals surface area contributed by atoms with Gasteiger partial charge in [-0.3, -0.25) is 19.2 Å². The van der Waals surface area contributed by atoms with Gasteiger partial charge in [0.2, 0.25) is 0 Å². The predicted molar refractivity (Wildman–Crippen MR) is 281 cm³/mol. The zero-order valence-corrected chi connectivity index (χ0v) is 42.0. The van der Waals surface area contributed by atoms with E-state index in [1.807, 2.05) is 17.4 Å². The van der Waals surface area contributed by atoms with E-state index in [-0.39, 0.29) is 48.1 Å². The van der Waals surface area contributed by atoms with Crippen molar-refractivity contribution in [2.24, 2.45) is 7.05 Å². The number of benzene rings is 2. The second kappa shape index (κ2) is 27.6. The van der Waals surface area contributed by atoms with Crippen molar-refractivity contribution in [3.63, 3.8) is 0 Å². The Morgan fingerprint density at radius 3 is 2.28 bits per heavy atom. The molecule has 6 heterocycles. The van der Waals surface area contributed by atoms with Crippen molar-refractivity contribution < 1.29 is 41.8 Å². The summed E-state index contributed by atoms with van der Waals surface area (Å²) in [5, 5.41) is 26.9. The van der Waals surface area contributed by atoms with Crippen LogP contribution in [0.5, 0.6) is 5.75 Å². The summed E-state index contributed by atoms with van der Waals surface area (Å²) in [7, 11) is 3.20. The quantitative estimate of drug-likeness (QED) is 0.0455. The van der Waals surface area contributed by atoms with Crippen LogP contribution in [0.25, 0.3) is 11.4 Å². The summed E-state index contributed by atoms with van der Waals surface area (Å²) in [6.45, 7) is 6.95. The van der Waals surface area contributed by atoms with Gasteiger partial charge in [-0.1, -0.05) is 12.1 Å². The van der Waals surface area contributed by atoms with Gasteiger partial charge in [-0.05, 0) is 55.3 Å². The van der Waals surface area contributed by atoms with Crippen molar-refractivity contribution >= 4 is 52.1 Å².